The number of allylic oxidation sites excluding steroid dienone is 2. The molecule has 0 aromatic heterocycles. The topological polar surface area (TPSA) is 24.1 Å². The summed E-state index contributed by atoms with van der Waals surface area (Å²) in [5.74, 6) is 0.658. The van der Waals surface area contributed by atoms with Crippen LogP contribution in [0.1, 0.15) is 20.3 Å². The lowest BCUT2D eigenvalue weighted by Gasteiger charge is -2.12. The van der Waals surface area contributed by atoms with E-state index in [2.05, 4.69) is 44.2 Å². The molecule has 0 amide bonds. The molecule has 2 N–H and O–H groups in total. The van der Waals surface area contributed by atoms with E-state index in [-0.39, 0.29) is 0 Å². The maximum atomic E-state index is 3.95. The van der Waals surface area contributed by atoms with Crippen LogP contribution in [0.2, 0.25) is 0 Å². The summed E-state index contributed by atoms with van der Waals surface area (Å²) >= 11 is 0. The van der Waals surface area contributed by atoms with E-state index in [0.717, 1.165) is 30.9 Å². The summed E-state index contributed by atoms with van der Waals surface area (Å²) in [6, 6.07) is 0. The Kier molecular flexibility index (Phi) is 6.63. The van der Waals surface area contributed by atoms with Gasteiger partial charge in [-0.05, 0) is 18.4 Å². The molecule has 0 aromatic rings. The highest BCUT2D eigenvalue weighted by atomic mass is 14.9. The molecular weight excluding hydrogens is 172 g/mol. The van der Waals surface area contributed by atoms with Gasteiger partial charge in [-0.3, -0.25) is 0 Å². The SMILES string of the molecule is C=CC(=C)NCCNC(=C)CC(C)C. The first-order valence-corrected chi connectivity index (χ1v) is 5.03. The summed E-state index contributed by atoms with van der Waals surface area (Å²) in [5.41, 5.74) is 1.97. The highest BCUT2D eigenvalue weighted by molar-refractivity contribution is 5.08. The molecule has 0 heterocycles. The summed E-state index contributed by atoms with van der Waals surface area (Å²) in [7, 11) is 0. The third-order valence-electron chi connectivity index (χ3n) is 1.75. The second kappa shape index (κ2) is 7.25. The Morgan fingerprint density at radius 3 is 2.29 bits per heavy atom. The van der Waals surface area contributed by atoms with Crippen molar-refractivity contribution >= 4 is 0 Å². The minimum atomic E-state index is 0.658. The van der Waals surface area contributed by atoms with Crippen LogP contribution in [0.5, 0.6) is 0 Å². The van der Waals surface area contributed by atoms with Gasteiger partial charge in [-0.25, -0.2) is 0 Å². The molecule has 0 saturated heterocycles. The van der Waals surface area contributed by atoms with Gasteiger partial charge in [-0.2, -0.15) is 0 Å². The maximum Gasteiger partial charge on any atom is 0.0320 e. The Hall–Kier alpha value is -1.18. The molecule has 0 radical (unpaired) electrons. The van der Waals surface area contributed by atoms with Gasteiger partial charge in [0.15, 0.2) is 0 Å². The van der Waals surface area contributed by atoms with Crippen LogP contribution in [-0.4, -0.2) is 13.1 Å². The molecule has 0 fully saturated rings. The summed E-state index contributed by atoms with van der Waals surface area (Å²) in [6.07, 6.45) is 2.74. The van der Waals surface area contributed by atoms with Crippen LogP contribution in [0.3, 0.4) is 0 Å². The van der Waals surface area contributed by atoms with Crippen molar-refractivity contribution in [2.45, 2.75) is 20.3 Å². The van der Waals surface area contributed by atoms with E-state index in [4.69, 9.17) is 0 Å². The van der Waals surface area contributed by atoms with E-state index in [1.165, 1.54) is 0 Å². The molecule has 14 heavy (non-hydrogen) atoms. The van der Waals surface area contributed by atoms with Gasteiger partial charge in [0.2, 0.25) is 0 Å². The molecule has 0 aromatic carbocycles. The average Bonchev–Trinajstić information content (AvgIpc) is 2.10. The van der Waals surface area contributed by atoms with E-state index in [1.807, 2.05) is 0 Å². The van der Waals surface area contributed by atoms with Crippen LogP contribution < -0.4 is 10.6 Å². The molecule has 0 atom stereocenters. The minimum Gasteiger partial charge on any atom is -0.387 e. The Labute approximate surface area is 87.8 Å². The first kappa shape index (κ1) is 12.8. The largest absolute Gasteiger partial charge is 0.387 e. The fourth-order valence-corrected chi connectivity index (χ4v) is 1.10. The van der Waals surface area contributed by atoms with Crippen LogP contribution in [0, 0.1) is 5.92 Å². The Balaban J connectivity index is 3.40. The number of nitrogens with one attached hydrogen (secondary N) is 2. The third-order valence-corrected chi connectivity index (χ3v) is 1.75. The molecule has 80 valence electrons. The maximum absolute atomic E-state index is 3.95. The zero-order valence-electron chi connectivity index (χ0n) is 9.40. The van der Waals surface area contributed by atoms with Crippen molar-refractivity contribution in [3.05, 3.63) is 37.2 Å². The fourth-order valence-electron chi connectivity index (χ4n) is 1.10. The van der Waals surface area contributed by atoms with Crippen molar-refractivity contribution in [2.75, 3.05) is 13.1 Å². The minimum absolute atomic E-state index is 0.658. The Morgan fingerprint density at radius 1 is 1.21 bits per heavy atom. The van der Waals surface area contributed by atoms with Crippen LogP contribution in [-0.2, 0) is 0 Å². The Bertz CT molecular complexity index is 204. The van der Waals surface area contributed by atoms with Crippen molar-refractivity contribution < 1.29 is 0 Å². The van der Waals surface area contributed by atoms with Gasteiger partial charge in [-0.1, -0.05) is 33.6 Å². The predicted molar refractivity (Wildman–Crippen MR) is 63.9 cm³/mol. The van der Waals surface area contributed by atoms with Gasteiger partial charge in [0.25, 0.3) is 0 Å². The van der Waals surface area contributed by atoms with Gasteiger partial charge in [0, 0.05) is 24.5 Å². The molecule has 0 aliphatic carbocycles. The summed E-state index contributed by atoms with van der Waals surface area (Å²) in [6.45, 7) is 17.4. The molecule has 0 aliphatic heterocycles. The lowest BCUT2D eigenvalue weighted by molar-refractivity contribution is 0.598. The zero-order chi connectivity index (χ0) is 11.0. The number of hydrogen-bond acceptors (Lipinski definition) is 2. The summed E-state index contributed by atoms with van der Waals surface area (Å²) < 4.78 is 0. The first-order valence-electron chi connectivity index (χ1n) is 5.03. The molecule has 2 heteroatoms. The van der Waals surface area contributed by atoms with Gasteiger partial charge in [0.1, 0.15) is 0 Å². The molecular formula is C12H22N2. The third kappa shape index (κ3) is 7.47. The molecule has 0 saturated carbocycles. The second-order valence-corrected chi connectivity index (χ2v) is 3.78. The van der Waals surface area contributed by atoms with Crippen molar-refractivity contribution in [1.82, 2.24) is 10.6 Å². The van der Waals surface area contributed by atoms with E-state index < -0.39 is 0 Å². The second-order valence-electron chi connectivity index (χ2n) is 3.78. The number of hydrogen-bond donors (Lipinski definition) is 2. The highest BCUT2D eigenvalue weighted by Crippen LogP contribution is 2.04. The standard InChI is InChI=1S/C12H22N2/c1-6-11(4)13-7-8-14-12(5)9-10(2)3/h6,10,13-14H,1,4-5,7-9H2,2-3H3. The van der Waals surface area contributed by atoms with Crippen LogP contribution in [0.4, 0.5) is 0 Å². The van der Waals surface area contributed by atoms with Gasteiger partial charge >= 0.3 is 0 Å². The molecule has 0 bridgehead atoms. The first-order chi connectivity index (χ1) is 6.56. The van der Waals surface area contributed by atoms with Crippen molar-refractivity contribution in [1.29, 1.82) is 0 Å². The summed E-state index contributed by atoms with van der Waals surface area (Å²) in [5, 5.41) is 6.39. The van der Waals surface area contributed by atoms with E-state index in [0.29, 0.717) is 5.92 Å². The monoisotopic (exact) mass is 194 g/mol. The van der Waals surface area contributed by atoms with E-state index >= 15 is 0 Å². The van der Waals surface area contributed by atoms with E-state index in [1.54, 1.807) is 6.08 Å². The zero-order valence-corrected chi connectivity index (χ0v) is 9.40. The summed E-state index contributed by atoms with van der Waals surface area (Å²) in [4.78, 5) is 0. The fraction of sp³-hybridized carbons (Fsp3) is 0.500. The lowest BCUT2D eigenvalue weighted by atomic mass is 10.1. The van der Waals surface area contributed by atoms with Crippen LogP contribution in [0.25, 0.3) is 0 Å². The average molecular weight is 194 g/mol. The smallest absolute Gasteiger partial charge is 0.0320 e. The highest BCUT2D eigenvalue weighted by Gasteiger charge is 1.97. The molecule has 0 spiro atoms. The quantitative estimate of drug-likeness (QED) is 0.458. The van der Waals surface area contributed by atoms with Crippen molar-refractivity contribution in [3.8, 4) is 0 Å². The Morgan fingerprint density at radius 2 is 1.79 bits per heavy atom. The van der Waals surface area contributed by atoms with E-state index in [9.17, 15) is 0 Å². The molecule has 0 aliphatic rings. The molecule has 2 nitrogen and oxygen atoms in total. The van der Waals surface area contributed by atoms with Gasteiger partial charge in [-0.15, -0.1) is 0 Å². The van der Waals surface area contributed by atoms with Crippen LogP contribution >= 0.6 is 0 Å². The molecule has 0 rings (SSSR count). The van der Waals surface area contributed by atoms with Crippen molar-refractivity contribution in [3.63, 3.8) is 0 Å². The van der Waals surface area contributed by atoms with Gasteiger partial charge < -0.3 is 10.6 Å². The van der Waals surface area contributed by atoms with Gasteiger partial charge in [0.05, 0.1) is 0 Å². The predicted octanol–water partition coefficient (Wildman–Crippen LogP) is 2.43. The van der Waals surface area contributed by atoms with Crippen LogP contribution in [0.15, 0.2) is 37.2 Å². The normalized spacial score (nSPS) is 9.64. The number of rotatable bonds is 8. The molecule has 0 unspecified atom stereocenters. The lowest BCUT2D eigenvalue weighted by Crippen LogP contribution is -2.26. The van der Waals surface area contributed by atoms with Crippen molar-refractivity contribution in [2.24, 2.45) is 5.92 Å².